The minimum Gasteiger partial charge on any atom is -0.488 e. The molecule has 3 aromatic rings. The van der Waals surface area contributed by atoms with E-state index in [9.17, 15) is 9.18 Å². The van der Waals surface area contributed by atoms with Crippen molar-refractivity contribution in [3.05, 3.63) is 97.7 Å². The van der Waals surface area contributed by atoms with Crippen molar-refractivity contribution in [2.45, 2.75) is 6.61 Å². The first-order chi connectivity index (χ1) is 14.5. The average molecular weight is 531 g/mol. The van der Waals surface area contributed by atoms with Crippen molar-refractivity contribution >= 4 is 44.0 Å². The third kappa shape index (κ3) is 5.75. The first kappa shape index (κ1) is 21.7. The van der Waals surface area contributed by atoms with E-state index in [0.717, 1.165) is 20.6 Å². The molecule has 0 radical (unpaired) electrons. The van der Waals surface area contributed by atoms with Gasteiger partial charge >= 0.3 is 0 Å². The minimum atomic E-state index is -0.789. The monoisotopic (exact) mass is 529 g/mol. The topological polar surface area (TPSA) is 74.5 Å². The molecule has 0 aliphatic carbocycles. The smallest absolute Gasteiger partial charge is 0.274 e. The maximum Gasteiger partial charge on any atom is 0.274 e. The van der Waals surface area contributed by atoms with Crippen LogP contribution in [0, 0.1) is 17.1 Å². The molecule has 0 spiro atoms. The number of halogens is 3. The first-order valence-electron chi connectivity index (χ1n) is 8.66. The van der Waals surface area contributed by atoms with Gasteiger partial charge < -0.3 is 4.74 Å². The Bertz CT molecular complexity index is 1140. The van der Waals surface area contributed by atoms with Crippen molar-refractivity contribution < 1.29 is 13.9 Å². The lowest BCUT2D eigenvalue weighted by atomic mass is 10.1. The number of benzene rings is 3. The SMILES string of the molecule is N#Cc1ccc(C(=O)N/N=C\c2cc(Br)ccc2OCc2ccc(Br)cc2)c(F)c1. The second-order valence-electron chi connectivity index (χ2n) is 6.10. The van der Waals surface area contributed by atoms with Gasteiger partial charge in [-0.1, -0.05) is 44.0 Å². The van der Waals surface area contributed by atoms with Crippen LogP contribution < -0.4 is 10.2 Å². The van der Waals surface area contributed by atoms with Crippen molar-refractivity contribution in [1.82, 2.24) is 5.43 Å². The van der Waals surface area contributed by atoms with Gasteiger partial charge in [-0.25, -0.2) is 9.82 Å². The third-order valence-electron chi connectivity index (χ3n) is 3.99. The molecule has 0 unspecified atom stereocenters. The Balaban J connectivity index is 1.70. The molecule has 30 heavy (non-hydrogen) atoms. The minimum absolute atomic E-state index is 0.134. The number of hydrazone groups is 1. The van der Waals surface area contributed by atoms with Gasteiger partial charge in [0, 0.05) is 14.5 Å². The molecule has 8 heteroatoms. The summed E-state index contributed by atoms with van der Waals surface area (Å²) in [5.41, 5.74) is 3.84. The van der Waals surface area contributed by atoms with Gasteiger partial charge in [0.15, 0.2) is 0 Å². The van der Waals surface area contributed by atoms with Crippen molar-refractivity contribution in [3.63, 3.8) is 0 Å². The zero-order valence-corrected chi connectivity index (χ0v) is 18.6. The summed E-state index contributed by atoms with van der Waals surface area (Å²) in [6, 6.07) is 18.6. The van der Waals surface area contributed by atoms with Gasteiger partial charge in [-0.2, -0.15) is 10.4 Å². The Kier molecular flexibility index (Phi) is 7.33. The molecule has 0 fully saturated rings. The Morgan fingerprint density at radius 2 is 1.83 bits per heavy atom. The summed E-state index contributed by atoms with van der Waals surface area (Å²) in [6.07, 6.45) is 1.42. The van der Waals surface area contributed by atoms with Crippen LogP contribution in [-0.4, -0.2) is 12.1 Å². The van der Waals surface area contributed by atoms with Crippen LogP contribution in [0.25, 0.3) is 0 Å². The van der Waals surface area contributed by atoms with Crippen molar-refractivity contribution in [1.29, 1.82) is 5.26 Å². The highest BCUT2D eigenvalue weighted by atomic mass is 79.9. The van der Waals surface area contributed by atoms with E-state index in [0.29, 0.717) is 17.9 Å². The number of hydrogen-bond donors (Lipinski definition) is 1. The Morgan fingerprint density at radius 3 is 2.53 bits per heavy atom. The molecule has 0 bridgehead atoms. The number of hydrogen-bond acceptors (Lipinski definition) is 4. The molecule has 0 atom stereocenters. The summed E-state index contributed by atoms with van der Waals surface area (Å²) < 4.78 is 21.6. The molecule has 150 valence electrons. The number of amides is 1. The maximum atomic E-state index is 13.9. The van der Waals surface area contributed by atoms with E-state index < -0.39 is 11.7 Å². The molecule has 0 saturated heterocycles. The summed E-state index contributed by atoms with van der Waals surface area (Å²) in [4.78, 5) is 12.2. The van der Waals surface area contributed by atoms with E-state index in [-0.39, 0.29) is 11.1 Å². The van der Waals surface area contributed by atoms with Crippen molar-refractivity contribution in [2.24, 2.45) is 5.10 Å². The van der Waals surface area contributed by atoms with Crippen LogP contribution in [0.3, 0.4) is 0 Å². The Morgan fingerprint density at radius 1 is 1.10 bits per heavy atom. The second-order valence-corrected chi connectivity index (χ2v) is 7.93. The Labute approximate surface area is 189 Å². The zero-order valence-electron chi connectivity index (χ0n) is 15.4. The van der Waals surface area contributed by atoms with E-state index in [4.69, 9.17) is 10.00 Å². The molecule has 0 aromatic heterocycles. The summed E-state index contributed by atoms with van der Waals surface area (Å²) in [5, 5.41) is 12.7. The lowest BCUT2D eigenvalue weighted by Crippen LogP contribution is -2.19. The maximum absolute atomic E-state index is 13.9. The number of ether oxygens (including phenoxy) is 1. The fraction of sp³-hybridized carbons (Fsp3) is 0.0455. The third-order valence-corrected chi connectivity index (χ3v) is 5.01. The van der Waals surface area contributed by atoms with E-state index in [2.05, 4.69) is 42.4 Å². The normalized spacial score (nSPS) is 10.6. The molecule has 0 aliphatic rings. The fourth-order valence-corrected chi connectivity index (χ4v) is 3.13. The first-order valence-corrected chi connectivity index (χ1v) is 10.2. The standard InChI is InChI=1S/C22H14Br2FN3O2/c23-17-4-1-14(2-5-17)13-30-21-8-6-18(24)10-16(21)12-27-28-22(29)19-7-3-15(11-26)9-20(19)25/h1-10,12H,13H2,(H,28,29)/b27-12-. The number of rotatable bonds is 6. The lowest BCUT2D eigenvalue weighted by Gasteiger charge is -2.10. The summed E-state index contributed by atoms with van der Waals surface area (Å²) >= 11 is 6.79. The van der Waals surface area contributed by atoms with Gasteiger partial charge in [-0.05, 0) is 54.1 Å². The largest absolute Gasteiger partial charge is 0.488 e. The highest BCUT2D eigenvalue weighted by molar-refractivity contribution is 9.10. The lowest BCUT2D eigenvalue weighted by molar-refractivity contribution is 0.0951. The van der Waals surface area contributed by atoms with E-state index >= 15 is 0 Å². The number of nitrogens with zero attached hydrogens (tertiary/aromatic N) is 2. The molecule has 3 aromatic carbocycles. The second kappa shape index (κ2) is 10.1. The molecule has 5 nitrogen and oxygen atoms in total. The van der Waals surface area contributed by atoms with E-state index in [1.807, 2.05) is 36.4 Å². The van der Waals surface area contributed by atoms with Gasteiger partial charge in [0.05, 0.1) is 23.4 Å². The van der Waals surface area contributed by atoms with Crippen molar-refractivity contribution in [2.75, 3.05) is 0 Å². The van der Waals surface area contributed by atoms with Gasteiger partial charge in [-0.3, -0.25) is 4.79 Å². The van der Waals surface area contributed by atoms with Crippen LogP contribution in [0.4, 0.5) is 4.39 Å². The predicted molar refractivity (Wildman–Crippen MR) is 119 cm³/mol. The predicted octanol–water partition coefficient (Wildman–Crippen LogP) is 5.57. The summed E-state index contributed by atoms with van der Waals surface area (Å²) in [5.74, 6) is -0.938. The highest BCUT2D eigenvalue weighted by Crippen LogP contribution is 2.23. The van der Waals surface area contributed by atoms with Gasteiger partial charge in [0.2, 0.25) is 0 Å². The van der Waals surface area contributed by atoms with E-state index in [1.54, 1.807) is 12.1 Å². The molecule has 1 N–H and O–H groups in total. The van der Waals surface area contributed by atoms with Crippen LogP contribution >= 0.6 is 31.9 Å². The van der Waals surface area contributed by atoms with Crippen LogP contribution in [0.5, 0.6) is 5.75 Å². The Hall–Kier alpha value is -3.02. The van der Waals surface area contributed by atoms with Crippen LogP contribution in [0.1, 0.15) is 27.0 Å². The fourth-order valence-electron chi connectivity index (χ4n) is 2.48. The van der Waals surface area contributed by atoms with Gasteiger partial charge in [0.1, 0.15) is 18.2 Å². The van der Waals surface area contributed by atoms with Crippen LogP contribution in [-0.2, 0) is 6.61 Å². The highest BCUT2D eigenvalue weighted by Gasteiger charge is 2.11. The van der Waals surface area contributed by atoms with Crippen LogP contribution in [0.15, 0.2) is 74.7 Å². The number of nitrogens with one attached hydrogen (secondary N) is 1. The number of nitriles is 1. The molecular weight excluding hydrogens is 517 g/mol. The van der Waals surface area contributed by atoms with E-state index in [1.165, 1.54) is 18.3 Å². The number of carbonyl (C=O) groups is 1. The van der Waals surface area contributed by atoms with Gasteiger partial charge in [-0.15, -0.1) is 0 Å². The quantitative estimate of drug-likeness (QED) is 0.334. The zero-order chi connectivity index (χ0) is 21.5. The molecule has 0 saturated carbocycles. The van der Waals surface area contributed by atoms with Crippen molar-refractivity contribution in [3.8, 4) is 11.8 Å². The molecule has 0 aliphatic heterocycles. The summed E-state index contributed by atoms with van der Waals surface area (Å²) in [7, 11) is 0. The summed E-state index contributed by atoms with van der Waals surface area (Å²) in [6.45, 7) is 0.360. The molecule has 3 rings (SSSR count). The molecular formula is C22H14Br2FN3O2. The van der Waals surface area contributed by atoms with Crippen LogP contribution in [0.2, 0.25) is 0 Å². The number of carbonyl (C=O) groups excluding carboxylic acids is 1. The molecule has 0 heterocycles. The average Bonchev–Trinajstić information content (AvgIpc) is 2.74. The molecule has 1 amide bonds. The van der Waals surface area contributed by atoms with Gasteiger partial charge in [0.25, 0.3) is 5.91 Å².